The maximum atomic E-state index is 9.46. The van der Waals surface area contributed by atoms with Crippen molar-refractivity contribution >= 4 is 17.1 Å². The van der Waals surface area contributed by atoms with Gasteiger partial charge < -0.3 is 10.2 Å². The number of rotatable bonds is 4. The highest BCUT2D eigenvalue weighted by Gasteiger charge is 2.09. The molecule has 0 aliphatic rings. The smallest absolute Gasteiger partial charge is 0.115 e. The summed E-state index contributed by atoms with van der Waals surface area (Å²) in [5.74, 6) is 0.434. The van der Waals surface area contributed by atoms with Gasteiger partial charge in [-0.15, -0.1) is 0 Å². The Hall–Kier alpha value is -3.14. The van der Waals surface area contributed by atoms with Crippen LogP contribution in [0.2, 0.25) is 0 Å². The lowest BCUT2D eigenvalue weighted by Crippen LogP contribution is -2.24. The summed E-state index contributed by atoms with van der Waals surface area (Å²) in [7, 11) is 0. The third kappa shape index (κ3) is 3.12. The van der Waals surface area contributed by atoms with Crippen molar-refractivity contribution in [3.63, 3.8) is 0 Å². The van der Waals surface area contributed by atoms with Crippen molar-refractivity contribution in [2.45, 2.75) is 0 Å². The lowest BCUT2D eigenvalue weighted by atomic mass is 10.2. The third-order valence-electron chi connectivity index (χ3n) is 3.23. The van der Waals surface area contributed by atoms with Crippen LogP contribution in [0.3, 0.4) is 0 Å². The zero-order chi connectivity index (χ0) is 15.4. The van der Waals surface area contributed by atoms with E-state index < -0.39 is 0 Å². The monoisotopic (exact) mass is 292 g/mol. The van der Waals surface area contributed by atoms with Crippen LogP contribution in [0.15, 0.2) is 78.9 Å². The van der Waals surface area contributed by atoms with Gasteiger partial charge in [0, 0.05) is 0 Å². The standard InChI is InChI=1S/C18H16N2O2/c21-17-10-6-15(7-11-17)20(16-8-12-18(22)13-9-16)19-14-4-2-1-3-5-14/h1-13,19,21-22H. The summed E-state index contributed by atoms with van der Waals surface area (Å²) < 4.78 is 0. The van der Waals surface area contributed by atoms with Crippen LogP contribution < -0.4 is 10.4 Å². The van der Waals surface area contributed by atoms with Crippen molar-refractivity contribution in [3.05, 3.63) is 78.9 Å². The summed E-state index contributed by atoms with van der Waals surface area (Å²) in [6, 6.07) is 23.6. The number of phenolic OH excluding ortho intramolecular Hbond substituents is 2. The summed E-state index contributed by atoms with van der Waals surface area (Å²) in [4.78, 5) is 0. The van der Waals surface area contributed by atoms with Gasteiger partial charge in [-0.05, 0) is 60.7 Å². The molecule has 0 unspecified atom stereocenters. The van der Waals surface area contributed by atoms with E-state index in [1.54, 1.807) is 24.3 Å². The first-order valence-corrected chi connectivity index (χ1v) is 6.92. The van der Waals surface area contributed by atoms with Gasteiger partial charge in [0.2, 0.25) is 0 Å². The molecule has 0 aliphatic heterocycles. The lowest BCUT2D eigenvalue weighted by Gasteiger charge is -2.26. The average Bonchev–Trinajstić information content (AvgIpc) is 2.56. The van der Waals surface area contributed by atoms with Gasteiger partial charge in [0.15, 0.2) is 0 Å². The lowest BCUT2D eigenvalue weighted by molar-refractivity contribution is 0.475. The molecule has 0 aliphatic carbocycles. The number of hydrazine groups is 1. The molecule has 0 aromatic heterocycles. The fourth-order valence-electron chi connectivity index (χ4n) is 2.12. The summed E-state index contributed by atoms with van der Waals surface area (Å²) in [5.41, 5.74) is 5.99. The van der Waals surface area contributed by atoms with E-state index in [-0.39, 0.29) is 11.5 Å². The average molecular weight is 292 g/mol. The highest BCUT2D eigenvalue weighted by molar-refractivity contribution is 5.69. The van der Waals surface area contributed by atoms with Gasteiger partial charge in [-0.1, -0.05) is 18.2 Å². The number of nitrogens with zero attached hydrogens (tertiary/aromatic N) is 1. The van der Waals surface area contributed by atoms with E-state index in [0.717, 1.165) is 17.1 Å². The normalized spacial score (nSPS) is 10.2. The molecule has 0 bridgehead atoms. The minimum atomic E-state index is 0.217. The maximum absolute atomic E-state index is 9.46. The Morgan fingerprint density at radius 3 is 1.50 bits per heavy atom. The van der Waals surface area contributed by atoms with Gasteiger partial charge in [0.1, 0.15) is 11.5 Å². The van der Waals surface area contributed by atoms with Crippen LogP contribution in [0.5, 0.6) is 11.5 Å². The van der Waals surface area contributed by atoms with Crippen LogP contribution in [0.25, 0.3) is 0 Å². The predicted octanol–water partition coefficient (Wildman–Crippen LogP) is 4.26. The molecule has 3 rings (SSSR count). The minimum absolute atomic E-state index is 0.217. The van der Waals surface area contributed by atoms with Crippen molar-refractivity contribution in [3.8, 4) is 11.5 Å². The Balaban J connectivity index is 1.97. The fraction of sp³-hybridized carbons (Fsp3) is 0. The molecule has 0 fully saturated rings. The number of anilines is 3. The van der Waals surface area contributed by atoms with Crippen molar-refractivity contribution in [2.24, 2.45) is 0 Å². The predicted molar refractivity (Wildman–Crippen MR) is 88.4 cm³/mol. The summed E-state index contributed by atoms with van der Waals surface area (Å²) >= 11 is 0. The highest BCUT2D eigenvalue weighted by atomic mass is 16.3. The van der Waals surface area contributed by atoms with Gasteiger partial charge in [-0.25, -0.2) is 0 Å². The van der Waals surface area contributed by atoms with E-state index in [0.29, 0.717) is 0 Å². The number of nitrogens with one attached hydrogen (secondary N) is 1. The molecular formula is C18H16N2O2. The van der Waals surface area contributed by atoms with Crippen molar-refractivity contribution in [1.29, 1.82) is 0 Å². The Morgan fingerprint density at radius 2 is 1.05 bits per heavy atom. The molecule has 3 aromatic carbocycles. The Labute approximate surface area is 128 Å². The van der Waals surface area contributed by atoms with Crippen LogP contribution in [-0.2, 0) is 0 Å². The molecule has 4 heteroatoms. The fourth-order valence-corrected chi connectivity index (χ4v) is 2.12. The maximum Gasteiger partial charge on any atom is 0.115 e. The summed E-state index contributed by atoms with van der Waals surface area (Å²) in [6.45, 7) is 0. The Bertz CT molecular complexity index is 680. The first kappa shape index (κ1) is 13.8. The molecule has 0 heterocycles. The third-order valence-corrected chi connectivity index (χ3v) is 3.23. The minimum Gasteiger partial charge on any atom is -0.508 e. The highest BCUT2D eigenvalue weighted by Crippen LogP contribution is 2.28. The van der Waals surface area contributed by atoms with E-state index >= 15 is 0 Å². The van der Waals surface area contributed by atoms with Crippen LogP contribution in [-0.4, -0.2) is 10.2 Å². The Morgan fingerprint density at radius 1 is 0.591 bits per heavy atom. The first-order chi connectivity index (χ1) is 10.7. The van der Waals surface area contributed by atoms with Crippen LogP contribution in [0.1, 0.15) is 0 Å². The molecule has 0 radical (unpaired) electrons. The number of hydrogen-bond donors (Lipinski definition) is 3. The second-order valence-corrected chi connectivity index (χ2v) is 4.85. The molecule has 3 N–H and O–H groups in total. The second kappa shape index (κ2) is 6.10. The SMILES string of the molecule is Oc1ccc(N(Nc2ccccc2)c2ccc(O)cc2)cc1. The molecule has 22 heavy (non-hydrogen) atoms. The number of hydrogen-bond acceptors (Lipinski definition) is 4. The van der Waals surface area contributed by atoms with E-state index in [1.165, 1.54) is 0 Å². The van der Waals surface area contributed by atoms with Crippen molar-refractivity contribution < 1.29 is 10.2 Å². The van der Waals surface area contributed by atoms with Gasteiger partial charge in [0.05, 0.1) is 17.1 Å². The molecule has 110 valence electrons. The molecule has 3 aromatic rings. The molecular weight excluding hydrogens is 276 g/mol. The zero-order valence-electron chi connectivity index (χ0n) is 11.8. The van der Waals surface area contributed by atoms with Crippen molar-refractivity contribution in [2.75, 3.05) is 10.4 Å². The van der Waals surface area contributed by atoms with E-state index in [1.807, 2.05) is 59.6 Å². The van der Waals surface area contributed by atoms with Crippen LogP contribution in [0, 0.1) is 0 Å². The van der Waals surface area contributed by atoms with Gasteiger partial charge >= 0.3 is 0 Å². The molecule has 0 atom stereocenters. The number of aromatic hydroxyl groups is 2. The number of para-hydroxylation sites is 1. The molecule has 4 nitrogen and oxygen atoms in total. The molecule has 0 amide bonds. The van der Waals surface area contributed by atoms with Gasteiger partial charge in [-0.3, -0.25) is 10.4 Å². The number of benzene rings is 3. The van der Waals surface area contributed by atoms with Crippen LogP contribution in [0.4, 0.5) is 17.1 Å². The van der Waals surface area contributed by atoms with E-state index in [2.05, 4.69) is 5.43 Å². The zero-order valence-corrected chi connectivity index (χ0v) is 11.8. The number of phenols is 2. The van der Waals surface area contributed by atoms with Gasteiger partial charge in [0.25, 0.3) is 0 Å². The molecule has 0 spiro atoms. The van der Waals surface area contributed by atoms with Gasteiger partial charge in [-0.2, -0.15) is 0 Å². The topological polar surface area (TPSA) is 55.7 Å². The summed E-state index contributed by atoms with van der Waals surface area (Å²) in [5, 5.41) is 20.8. The largest absolute Gasteiger partial charge is 0.508 e. The van der Waals surface area contributed by atoms with Crippen molar-refractivity contribution in [1.82, 2.24) is 0 Å². The molecule has 0 saturated carbocycles. The first-order valence-electron chi connectivity index (χ1n) is 6.92. The quantitative estimate of drug-likeness (QED) is 0.629. The van der Waals surface area contributed by atoms with Crippen LogP contribution >= 0.6 is 0 Å². The Kier molecular flexibility index (Phi) is 3.83. The molecule has 0 saturated heterocycles. The summed E-state index contributed by atoms with van der Waals surface area (Å²) in [6.07, 6.45) is 0. The van der Waals surface area contributed by atoms with E-state index in [9.17, 15) is 10.2 Å². The van der Waals surface area contributed by atoms with E-state index in [4.69, 9.17) is 0 Å². The second-order valence-electron chi connectivity index (χ2n) is 4.85.